The lowest BCUT2D eigenvalue weighted by Crippen LogP contribution is -2.36. The van der Waals surface area contributed by atoms with Gasteiger partial charge in [0.1, 0.15) is 6.04 Å². The van der Waals surface area contributed by atoms with E-state index in [9.17, 15) is 9.59 Å². The van der Waals surface area contributed by atoms with Crippen molar-refractivity contribution in [2.45, 2.75) is 31.3 Å². The molecule has 1 saturated heterocycles. The van der Waals surface area contributed by atoms with E-state index in [2.05, 4.69) is 26.2 Å². The maximum Gasteiger partial charge on any atom is 0.252 e. The van der Waals surface area contributed by atoms with E-state index in [4.69, 9.17) is 0 Å². The number of halogens is 1. The van der Waals surface area contributed by atoms with Crippen LogP contribution in [0.15, 0.2) is 9.98 Å². The molecular formula is C10H10BrN3O2S. The van der Waals surface area contributed by atoms with Crippen LogP contribution in [0.4, 0.5) is 5.13 Å². The molecule has 1 aromatic rings. The van der Waals surface area contributed by atoms with Crippen LogP contribution in [0.3, 0.4) is 0 Å². The summed E-state index contributed by atoms with van der Waals surface area (Å²) in [5.41, 5.74) is 0. The predicted molar refractivity (Wildman–Crippen MR) is 66.7 cm³/mol. The molecule has 7 heteroatoms. The predicted octanol–water partition coefficient (Wildman–Crippen LogP) is 1.61. The first kappa shape index (κ1) is 11.2. The summed E-state index contributed by atoms with van der Waals surface area (Å²) >= 11 is 4.72. The van der Waals surface area contributed by atoms with E-state index in [0.29, 0.717) is 5.13 Å². The Bertz CT molecular complexity index is 486. The number of imide groups is 1. The number of amides is 2. The zero-order valence-corrected chi connectivity index (χ0v) is 11.3. The lowest BCUT2D eigenvalue weighted by Gasteiger charge is -2.13. The van der Waals surface area contributed by atoms with E-state index in [0.717, 1.165) is 16.6 Å². The van der Waals surface area contributed by atoms with Crippen LogP contribution >= 0.6 is 27.3 Å². The van der Waals surface area contributed by atoms with Crippen molar-refractivity contribution < 1.29 is 9.59 Å². The van der Waals surface area contributed by atoms with Crippen molar-refractivity contribution in [3.8, 4) is 0 Å². The molecule has 0 spiro atoms. The van der Waals surface area contributed by atoms with E-state index >= 15 is 0 Å². The zero-order chi connectivity index (χ0) is 12.0. The number of hydrogen-bond acceptors (Lipinski definition) is 5. The highest BCUT2D eigenvalue weighted by Gasteiger charge is 2.46. The van der Waals surface area contributed by atoms with Gasteiger partial charge in [-0.05, 0) is 28.8 Å². The second kappa shape index (κ2) is 4.06. The highest BCUT2D eigenvalue weighted by Crippen LogP contribution is 2.33. The first-order chi connectivity index (χ1) is 8.15. The van der Waals surface area contributed by atoms with Gasteiger partial charge in [0.25, 0.3) is 5.91 Å². The highest BCUT2D eigenvalue weighted by atomic mass is 79.9. The average Bonchev–Trinajstić information content (AvgIpc) is 2.96. The van der Waals surface area contributed by atoms with Crippen LogP contribution in [-0.4, -0.2) is 33.8 Å². The Kier molecular flexibility index (Phi) is 2.67. The quantitative estimate of drug-likeness (QED) is 0.861. The molecule has 2 aliphatic rings. The van der Waals surface area contributed by atoms with Gasteiger partial charge in [-0.3, -0.25) is 14.5 Å². The van der Waals surface area contributed by atoms with Gasteiger partial charge in [-0.25, -0.2) is 4.98 Å². The van der Waals surface area contributed by atoms with Crippen LogP contribution in [-0.2, 0) is 9.59 Å². The molecule has 1 aliphatic carbocycles. The fourth-order valence-corrected chi connectivity index (χ4v) is 3.11. The van der Waals surface area contributed by atoms with Crippen molar-refractivity contribution >= 4 is 44.2 Å². The number of hydrogen-bond donors (Lipinski definition) is 1. The summed E-state index contributed by atoms with van der Waals surface area (Å²) in [5.74, 6) is -0.172. The van der Waals surface area contributed by atoms with Gasteiger partial charge in [0, 0.05) is 6.04 Å². The lowest BCUT2D eigenvalue weighted by atomic mass is 10.2. The molecule has 90 valence electrons. The Hall–Kier alpha value is -0.950. The third-order valence-electron chi connectivity index (χ3n) is 2.87. The lowest BCUT2D eigenvalue weighted by molar-refractivity contribution is -0.139. The normalized spacial score (nSPS) is 24.5. The molecule has 1 N–H and O–H groups in total. The van der Waals surface area contributed by atoms with Crippen molar-refractivity contribution in [1.29, 1.82) is 0 Å². The number of nitrogens with zero attached hydrogens (tertiary/aromatic N) is 2. The molecule has 5 nitrogen and oxygen atoms in total. The third kappa shape index (κ3) is 2.09. The highest BCUT2D eigenvalue weighted by molar-refractivity contribution is 9.11. The number of rotatable bonds is 3. The van der Waals surface area contributed by atoms with Gasteiger partial charge >= 0.3 is 0 Å². The fourth-order valence-electron chi connectivity index (χ4n) is 1.95. The van der Waals surface area contributed by atoms with Crippen molar-refractivity contribution in [2.75, 3.05) is 5.32 Å². The summed E-state index contributed by atoms with van der Waals surface area (Å²) in [7, 11) is 0. The standard InChI is InChI=1S/C10H10BrN3O2S/c11-7-4-12-10(17-7)13-6-3-8(15)14(9(6)16)5-1-2-5/h4-6H,1-3H2,(H,12,13). The molecular weight excluding hydrogens is 306 g/mol. The van der Waals surface area contributed by atoms with Crippen molar-refractivity contribution in [2.24, 2.45) is 0 Å². The fraction of sp³-hybridized carbons (Fsp3) is 0.500. The van der Waals surface area contributed by atoms with Gasteiger partial charge < -0.3 is 5.32 Å². The number of carbonyl (C=O) groups excluding carboxylic acids is 2. The SMILES string of the molecule is O=C1CC(Nc2ncc(Br)s2)C(=O)N1C1CC1. The van der Waals surface area contributed by atoms with Crippen molar-refractivity contribution in [3.63, 3.8) is 0 Å². The Morgan fingerprint density at radius 1 is 1.47 bits per heavy atom. The molecule has 1 aliphatic heterocycles. The van der Waals surface area contributed by atoms with E-state index in [1.54, 1.807) is 6.20 Å². The topological polar surface area (TPSA) is 62.3 Å². The average molecular weight is 316 g/mol. The first-order valence-electron chi connectivity index (χ1n) is 5.39. The second-order valence-corrected chi connectivity index (χ2v) is 6.61. The number of nitrogens with one attached hydrogen (secondary N) is 1. The molecule has 3 rings (SSSR count). The summed E-state index contributed by atoms with van der Waals surface area (Å²) < 4.78 is 0.899. The minimum atomic E-state index is -0.443. The number of thiazole rings is 1. The molecule has 17 heavy (non-hydrogen) atoms. The summed E-state index contributed by atoms with van der Waals surface area (Å²) in [4.78, 5) is 29.2. The van der Waals surface area contributed by atoms with Crippen molar-refractivity contribution in [3.05, 3.63) is 9.98 Å². The smallest absolute Gasteiger partial charge is 0.252 e. The summed E-state index contributed by atoms with van der Waals surface area (Å²) in [6.45, 7) is 0. The Morgan fingerprint density at radius 2 is 2.24 bits per heavy atom. The largest absolute Gasteiger partial charge is 0.349 e. The van der Waals surface area contributed by atoms with Crippen LogP contribution in [0.1, 0.15) is 19.3 Å². The number of carbonyl (C=O) groups is 2. The van der Waals surface area contributed by atoms with E-state index < -0.39 is 6.04 Å². The maximum atomic E-state index is 12.0. The maximum absolute atomic E-state index is 12.0. The number of likely N-dealkylation sites (tertiary alicyclic amines) is 1. The molecule has 1 saturated carbocycles. The van der Waals surface area contributed by atoms with Gasteiger partial charge in [-0.15, -0.1) is 0 Å². The van der Waals surface area contributed by atoms with Gasteiger partial charge in [0.2, 0.25) is 5.91 Å². The minimum absolute atomic E-state index is 0.0642. The molecule has 1 unspecified atom stereocenters. The van der Waals surface area contributed by atoms with Gasteiger partial charge in [-0.1, -0.05) is 11.3 Å². The molecule has 2 heterocycles. The zero-order valence-electron chi connectivity index (χ0n) is 8.85. The molecule has 1 atom stereocenters. The van der Waals surface area contributed by atoms with Crippen molar-refractivity contribution in [1.82, 2.24) is 9.88 Å². The summed E-state index contributed by atoms with van der Waals surface area (Å²) in [6.07, 6.45) is 3.82. The van der Waals surface area contributed by atoms with Crippen LogP contribution in [0, 0.1) is 0 Å². The molecule has 0 radical (unpaired) electrons. The minimum Gasteiger partial charge on any atom is -0.349 e. The van der Waals surface area contributed by atoms with Crippen LogP contribution in [0.25, 0.3) is 0 Å². The van der Waals surface area contributed by atoms with Crippen LogP contribution in [0.2, 0.25) is 0 Å². The first-order valence-corrected chi connectivity index (χ1v) is 7.00. The number of aromatic nitrogens is 1. The van der Waals surface area contributed by atoms with Gasteiger partial charge in [0.05, 0.1) is 16.4 Å². The number of anilines is 1. The summed E-state index contributed by atoms with van der Waals surface area (Å²) in [5, 5.41) is 3.69. The van der Waals surface area contributed by atoms with Crippen LogP contribution in [0.5, 0.6) is 0 Å². The van der Waals surface area contributed by atoms with E-state index in [-0.39, 0.29) is 24.3 Å². The molecule has 1 aromatic heterocycles. The van der Waals surface area contributed by atoms with E-state index in [1.807, 2.05) is 0 Å². The Morgan fingerprint density at radius 3 is 2.82 bits per heavy atom. The molecule has 2 fully saturated rings. The third-order valence-corrected chi connectivity index (χ3v) is 4.28. The van der Waals surface area contributed by atoms with Gasteiger partial charge in [0.15, 0.2) is 5.13 Å². The Balaban J connectivity index is 1.72. The molecule has 0 aromatic carbocycles. The van der Waals surface area contributed by atoms with Crippen LogP contribution < -0.4 is 5.32 Å². The molecule has 2 amide bonds. The van der Waals surface area contributed by atoms with Gasteiger partial charge in [-0.2, -0.15) is 0 Å². The monoisotopic (exact) mass is 315 g/mol. The summed E-state index contributed by atoms with van der Waals surface area (Å²) in [6, 6.07) is -0.286. The Labute approximate surface area is 110 Å². The van der Waals surface area contributed by atoms with E-state index in [1.165, 1.54) is 16.2 Å². The molecule has 0 bridgehead atoms. The second-order valence-electron chi connectivity index (χ2n) is 4.20.